The maximum absolute atomic E-state index is 13.5. The molecule has 0 aliphatic rings. The van der Waals surface area contributed by atoms with E-state index >= 15 is 0 Å². The summed E-state index contributed by atoms with van der Waals surface area (Å²) >= 11 is 12.2. The number of nitrogens with zero attached hydrogens (tertiary/aromatic N) is 2. The normalized spacial score (nSPS) is 11.4. The van der Waals surface area contributed by atoms with E-state index in [4.69, 9.17) is 27.9 Å². The van der Waals surface area contributed by atoms with Gasteiger partial charge in [0.05, 0.1) is 18.7 Å². The maximum atomic E-state index is 13.5. The first-order chi connectivity index (χ1) is 15.2. The van der Waals surface area contributed by atoms with Gasteiger partial charge in [0.15, 0.2) is 0 Å². The highest BCUT2D eigenvalue weighted by molar-refractivity contribution is 7.89. The van der Waals surface area contributed by atoms with Crippen LogP contribution in [0.4, 0.5) is 5.69 Å². The lowest BCUT2D eigenvalue weighted by Crippen LogP contribution is -2.41. The van der Waals surface area contributed by atoms with Crippen molar-refractivity contribution in [3.05, 3.63) is 88.4 Å². The third-order valence-corrected chi connectivity index (χ3v) is 7.35. The Morgan fingerprint density at radius 1 is 0.969 bits per heavy atom. The molecule has 9 heteroatoms. The van der Waals surface area contributed by atoms with Gasteiger partial charge in [-0.3, -0.25) is 4.79 Å². The highest BCUT2D eigenvalue weighted by Gasteiger charge is 2.30. The van der Waals surface area contributed by atoms with E-state index in [-0.39, 0.29) is 21.5 Å². The molecule has 0 aliphatic heterocycles. The fourth-order valence-corrected chi connectivity index (χ4v) is 5.16. The van der Waals surface area contributed by atoms with Crippen LogP contribution in [-0.4, -0.2) is 39.3 Å². The van der Waals surface area contributed by atoms with Crippen LogP contribution < -0.4 is 9.64 Å². The van der Waals surface area contributed by atoms with Crippen LogP contribution in [0.2, 0.25) is 10.0 Å². The molecule has 0 bridgehead atoms. The van der Waals surface area contributed by atoms with E-state index < -0.39 is 22.5 Å². The van der Waals surface area contributed by atoms with Crippen molar-refractivity contribution >= 4 is 44.8 Å². The molecule has 3 rings (SSSR count). The van der Waals surface area contributed by atoms with E-state index in [2.05, 4.69) is 0 Å². The predicted molar refractivity (Wildman–Crippen MR) is 127 cm³/mol. The molecule has 32 heavy (non-hydrogen) atoms. The van der Waals surface area contributed by atoms with Gasteiger partial charge in [-0.25, -0.2) is 8.42 Å². The van der Waals surface area contributed by atoms with Gasteiger partial charge >= 0.3 is 0 Å². The maximum Gasteiger partial charge on any atom is 0.245 e. The Hall–Kier alpha value is -2.58. The molecular weight excluding hydrogens is 471 g/mol. The average molecular weight is 493 g/mol. The Morgan fingerprint density at radius 2 is 1.69 bits per heavy atom. The molecule has 0 unspecified atom stereocenters. The molecule has 0 N–H and O–H groups in total. The number of sulfonamides is 1. The minimum atomic E-state index is -4.13. The smallest absolute Gasteiger partial charge is 0.245 e. The number of anilines is 1. The topological polar surface area (TPSA) is 66.9 Å². The first-order valence-electron chi connectivity index (χ1n) is 9.62. The molecule has 0 aliphatic carbocycles. The Kier molecular flexibility index (Phi) is 7.79. The lowest BCUT2D eigenvalue weighted by Gasteiger charge is -2.25. The standard InChI is InChI=1S/C23H22Cl2N2O4S/c1-26(19-9-6-10-20(14-19)31-2)23(28)16-27(15-17-7-4-3-5-8-17)32(29,30)22-13-18(24)11-12-21(22)25/h3-14H,15-16H2,1-2H3. The molecule has 3 aromatic rings. The van der Waals surface area contributed by atoms with Crippen molar-refractivity contribution in [2.75, 3.05) is 25.6 Å². The number of ether oxygens (including phenoxy) is 1. The molecule has 6 nitrogen and oxygen atoms in total. The van der Waals surface area contributed by atoms with Gasteiger partial charge in [0.25, 0.3) is 0 Å². The summed E-state index contributed by atoms with van der Waals surface area (Å²) in [5, 5.41) is 0.258. The molecule has 1 amide bonds. The van der Waals surface area contributed by atoms with Crippen molar-refractivity contribution < 1.29 is 17.9 Å². The highest BCUT2D eigenvalue weighted by Crippen LogP contribution is 2.29. The second-order valence-electron chi connectivity index (χ2n) is 6.99. The SMILES string of the molecule is COc1cccc(N(C)C(=O)CN(Cc2ccccc2)S(=O)(=O)c2cc(Cl)ccc2Cl)c1. The fraction of sp³-hybridized carbons (Fsp3) is 0.174. The van der Waals surface area contributed by atoms with Crippen LogP contribution >= 0.6 is 23.2 Å². The van der Waals surface area contributed by atoms with E-state index in [1.807, 2.05) is 6.07 Å². The van der Waals surface area contributed by atoms with Crippen molar-refractivity contribution in [2.45, 2.75) is 11.4 Å². The van der Waals surface area contributed by atoms with Crippen LogP contribution in [0, 0.1) is 0 Å². The minimum Gasteiger partial charge on any atom is -0.497 e. The van der Waals surface area contributed by atoms with Crippen molar-refractivity contribution in [3.8, 4) is 5.75 Å². The second kappa shape index (κ2) is 10.4. The van der Waals surface area contributed by atoms with Crippen LogP contribution in [0.15, 0.2) is 77.7 Å². The van der Waals surface area contributed by atoms with E-state index in [1.54, 1.807) is 55.6 Å². The summed E-state index contributed by atoms with van der Waals surface area (Å²) in [6, 6.07) is 20.2. The second-order valence-corrected chi connectivity index (χ2v) is 9.74. The number of benzene rings is 3. The monoisotopic (exact) mass is 492 g/mol. The van der Waals surface area contributed by atoms with Crippen molar-refractivity contribution in [3.63, 3.8) is 0 Å². The number of rotatable bonds is 8. The molecule has 0 atom stereocenters. The van der Waals surface area contributed by atoms with Crippen LogP contribution in [0.25, 0.3) is 0 Å². The van der Waals surface area contributed by atoms with Gasteiger partial charge in [-0.15, -0.1) is 0 Å². The summed E-state index contributed by atoms with van der Waals surface area (Å²) in [7, 11) is -1.02. The van der Waals surface area contributed by atoms with Gasteiger partial charge in [0.2, 0.25) is 15.9 Å². The predicted octanol–water partition coefficient (Wildman–Crippen LogP) is 4.86. The Bertz CT molecular complexity index is 1200. The third-order valence-electron chi connectivity index (χ3n) is 4.84. The molecule has 0 aromatic heterocycles. The number of hydrogen-bond donors (Lipinski definition) is 0. The van der Waals surface area contributed by atoms with Gasteiger partial charge in [-0.05, 0) is 35.9 Å². The van der Waals surface area contributed by atoms with Crippen LogP contribution in [0.1, 0.15) is 5.56 Å². The van der Waals surface area contributed by atoms with Crippen LogP contribution in [0.5, 0.6) is 5.75 Å². The summed E-state index contributed by atoms with van der Waals surface area (Å²) in [5.74, 6) is 0.164. The molecule has 0 radical (unpaired) electrons. The molecule has 0 saturated heterocycles. The Labute approximate surface area is 198 Å². The van der Waals surface area contributed by atoms with E-state index in [9.17, 15) is 13.2 Å². The third kappa shape index (κ3) is 5.61. The number of methoxy groups -OCH3 is 1. The fourth-order valence-electron chi connectivity index (χ4n) is 3.05. The first kappa shape index (κ1) is 24.1. The molecule has 0 heterocycles. The molecule has 0 spiro atoms. The van der Waals surface area contributed by atoms with Gasteiger partial charge < -0.3 is 9.64 Å². The zero-order chi connectivity index (χ0) is 23.3. The average Bonchev–Trinajstić information content (AvgIpc) is 2.80. The lowest BCUT2D eigenvalue weighted by atomic mass is 10.2. The highest BCUT2D eigenvalue weighted by atomic mass is 35.5. The quantitative estimate of drug-likeness (QED) is 0.450. The number of likely N-dealkylation sites (N-methyl/N-ethyl adjacent to an activating group) is 1. The first-order valence-corrected chi connectivity index (χ1v) is 11.8. The number of carbonyl (C=O) groups is 1. The minimum absolute atomic E-state index is 0.0102. The van der Waals surface area contributed by atoms with E-state index in [1.165, 1.54) is 30.2 Å². The largest absolute Gasteiger partial charge is 0.497 e. The van der Waals surface area contributed by atoms with E-state index in [0.717, 1.165) is 9.87 Å². The number of amides is 1. The van der Waals surface area contributed by atoms with Crippen LogP contribution in [-0.2, 0) is 21.4 Å². The Balaban J connectivity index is 1.95. The van der Waals surface area contributed by atoms with Gasteiger partial charge in [0, 0.05) is 30.4 Å². The van der Waals surface area contributed by atoms with Crippen molar-refractivity contribution in [1.82, 2.24) is 4.31 Å². The summed E-state index contributed by atoms with van der Waals surface area (Å²) in [6.07, 6.45) is 0. The van der Waals surface area contributed by atoms with Crippen molar-refractivity contribution in [2.24, 2.45) is 0 Å². The molecular formula is C23H22Cl2N2O4S. The molecule has 0 fully saturated rings. The number of carbonyl (C=O) groups excluding carboxylic acids is 1. The summed E-state index contributed by atoms with van der Waals surface area (Å²) in [5.41, 5.74) is 1.30. The van der Waals surface area contributed by atoms with Gasteiger partial charge in [-0.1, -0.05) is 59.6 Å². The summed E-state index contributed by atoms with van der Waals surface area (Å²) in [6.45, 7) is -0.405. The molecule has 168 valence electrons. The van der Waals surface area contributed by atoms with Gasteiger partial charge in [-0.2, -0.15) is 4.31 Å². The van der Waals surface area contributed by atoms with E-state index in [0.29, 0.717) is 11.4 Å². The number of halogens is 2. The lowest BCUT2D eigenvalue weighted by molar-refractivity contribution is -0.118. The van der Waals surface area contributed by atoms with Gasteiger partial charge in [0.1, 0.15) is 10.6 Å². The Morgan fingerprint density at radius 3 is 2.38 bits per heavy atom. The van der Waals surface area contributed by atoms with Crippen molar-refractivity contribution in [1.29, 1.82) is 0 Å². The number of hydrogen-bond acceptors (Lipinski definition) is 4. The molecule has 0 saturated carbocycles. The zero-order valence-electron chi connectivity index (χ0n) is 17.5. The molecule has 3 aromatic carbocycles. The summed E-state index contributed by atoms with van der Waals surface area (Å²) in [4.78, 5) is 14.3. The zero-order valence-corrected chi connectivity index (χ0v) is 19.9. The van der Waals surface area contributed by atoms with Crippen LogP contribution in [0.3, 0.4) is 0 Å². The summed E-state index contributed by atoms with van der Waals surface area (Å²) < 4.78 is 33.3.